The summed E-state index contributed by atoms with van der Waals surface area (Å²) in [5.41, 5.74) is 8.10. The van der Waals surface area contributed by atoms with E-state index in [1.165, 1.54) is 12.8 Å². The molecule has 2 heterocycles. The molecule has 1 saturated carbocycles. The van der Waals surface area contributed by atoms with Crippen molar-refractivity contribution in [2.75, 3.05) is 5.73 Å². The zero-order valence-electron chi connectivity index (χ0n) is 10.7. The summed E-state index contributed by atoms with van der Waals surface area (Å²) < 4.78 is 4.23. The molecule has 2 N–H and O–H groups in total. The van der Waals surface area contributed by atoms with Gasteiger partial charge in [-0.3, -0.25) is 0 Å². The van der Waals surface area contributed by atoms with Gasteiger partial charge in [-0.15, -0.1) is 0 Å². The van der Waals surface area contributed by atoms with Gasteiger partial charge < -0.3 is 14.9 Å². The number of hydrogen-bond donors (Lipinski definition) is 1. The third kappa shape index (κ3) is 1.89. The van der Waals surface area contributed by atoms with Gasteiger partial charge in [0.1, 0.15) is 11.5 Å². The number of anilines is 1. The molecule has 18 heavy (non-hydrogen) atoms. The minimum absolute atomic E-state index is 0.600. The molecule has 0 atom stereocenters. The third-order valence-corrected chi connectivity index (χ3v) is 3.48. The van der Waals surface area contributed by atoms with Gasteiger partial charge in [-0.1, -0.05) is 13.3 Å². The van der Waals surface area contributed by atoms with Crippen molar-refractivity contribution in [3.63, 3.8) is 0 Å². The van der Waals surface area contributed by atoms with E-state index >= 15 is 0 Å². The molecule has 1 aliphatic carbocycles. The molecule has 2 aromatic rings. The van der Waals surface area contributed by atoms with Gasteiger partial charge in [0.2, 0.25) is 0 Å². The van der Waals surface area contributed by atoms with Crippen molar-refractivity contribution in [2.45, 2.75) is 45.2 Å². The summed E-state index contributed by atoms with van der Waals surface area (Å²) in [7, 11) is 0. The fraction of sp³-hybridized carbons (Fsp3) is 0.538. The summed E-state index contributed by atoms with van der Waals surface area (Å²) in [5, 5.41) is 0. The van der Waals surface area contributed by atoms with Crippen molar-refractivity contribution in [3.05, 3.63) is 18.9 Å². The quantitative estimate of drug-likeness (QED) is 0.880. The molecule has 0 radical (unpaired) electrons. The highest BCUT2D eigenvalue weighted by Gasteiger charge is 2.27. The summed E-state index contributed by atoms with van der Waals surface area (Å²) in [6.45, 7) is 3.11. The first kappa shape index (κ1) is 11.3. The number of nitrogens with two attached hydrogens (primary N) is 1. The van der Waals surface area contributed by atoms with Crippen molar-refractivity contribution >= 4 is 5.82 Å². The predicted molar refractivity (Wildman–Crippen MR) is 71.0 cm³/mol. The van der Waals surface area contributed by atoms with Crippen LogP contribution in [0.4, 0.5) is 5.82 Å². The average molecular weight is 245 g/mol. The molecule has 0 aliphatic heterocycles. The fourth-order valence-corrected chi connectivity index (χ4v) is 2.23. The van der Waals surface area contributed by atoms with Crippen LogP contribution in [0, 0.1) is 0 Å². The van der Waals surface area contributed by atoms with E-state index in [0.717, 1.165) is 36.6 Å². The molecule has 0 spiro atoms. The lowest BCUT2D eigenvalue weighted by Gasteiger charge is -2.06. The predicted octanol–water partition coefficient (Wildman–Crippen LogP) is 2.46. The van der Waals surface area contributed by atoms with Crippen LogP contribution in [0.3, 0.4) is 0 Å². The number of hydrogen-bond acceptors (Lipinski definition) is 3. The SMILES string of the molecule is CCCCn1cnc(-c2cncn2C2CC2)c1N. The zero-order chi connectivity index (χ0) is 12.5. The molecule has 5 heteroatoms. The van der Waals surface area contributed by atoms with Crippen molar-refractivity contribution < 1.29 is 0 Å². The molecule has 96 valence electrons. The van der Waals surface area contributed by atoms with Gasteiger partial charge in [-0.05, 0) is 19.3 Å². The number of nitrogen functional groups attached to an aromatic ring is 1. The van der Waals surface area contributed by atoms with Gasteiger partial charge >= 0.3 is 0 Å². The molecule has 2 aromatic heterocycles. The molecule has 0 aromatic carbocycles. The first-order chi connectivity index (χ1) is 8.81. The van der Waals surface area contributed by atoms with Crippen molar-refractivity contribution in [2.24, 2.45) is 0 Å². The first-order valence-electron chi connectivity index (χ1n) is 6.64. The molecular weight excluding hydrogens is 226 g/mol. The number of aryl methyl sites for hydroxylation is 1. The Bertz CT molecular complexity index is 535. The van der Waals surface area contributed by atoms with Crippen LogP contribution in [0.1, 0.15) is 38.6 Å². The molecule has 0 bridgehead atoms. The highest BCUT2D eigenvalue weighted by Crippen LogP contribution is 2.38. The van der Waals surface area contributed by atoms with E-state index in [1.807, 2.05) is 23.4 Å². The highest BCUT2D eigenvalue weighted by atomic mass is 15.2. The van der Waals surface area contributed by atoms with Gasteiger partial charge in [-0.2, -0.15) is 0 Å². The normalized spacial score (nSPS) is 15.2. The van der Waals surface area contributed by atoms with Crippen LogP contribution < -0.4 is 5.73 Å². The van der Waals surface area contributed by atoms with Crippen LogP contribution in [-0.4, -0.2) is 19.1 Å². The topological polar surface area (TPSA) is 61.7 Å². The van der Waals surface area contributed by atoms with Gasteiger partial charge in [-0.25, -0.2) is 9.97 Å². The van der Waals surface area contributed by atoms with E-state index < -0.39 is 0 Å². The molecule has 1 fully saturated rings. The van der Waals surface area contributed by atoms with Crippen LogP contribution in [0.15, 0.2) is 18.9 Å². The first-order valence-corrected chi connectivity index (χ1v) is 6.64. The largest absolute Gasteiger partial charge is 0.383 e. The van der Waals surface area contributed by atoms with Gasteiger partial charge in [0.05, 0.1) is 24.5 Å². The summed E-state index contributed by atoms with van der Waals surface area (Å²) in [5.74, 6) is 0.755. The fourth-order valence-electron chi connectivity index (χ4n) is 2.23. The third-order valence-electron chi connectivity index (χ3n) is 3.48. The van der Waals surface area contributed by atoms with E-state index in [9.17, 15) is 0 Å². The van der Waals surface area contributed by atoms with E-state index in [1.54, 1.807) is 0 Å². The Morgan fingerprint density at radius 3 is 2.94 bits per heavy atom. The van der Waals surface area contributed by atoms with E-state index in [4.69, 9.17) is 5.73 Å². The van der Waals surface area contributed by atoms with Crippen LogP contribution in [0.25, 0.3) is 11.4 Å². The second-order valence-electron chi connectivity index (χ2n) is 4.94. The van der Waals surface area contributed by atoms with Gasteiger partial charge in [0, 0.05) is 12.6 Å². The minimum Gasteiger partial charge on any atom is -0.383 e. The second-order valence-corrected chi connectivity index (χ2v) is 4.94. The van der Waals surface area contributed by atoms with E-state index in [0.29, 0.717) is 6.04 Å². The van der Waals surface area contributed by atoms with Gasteiger partial charge in [0.25, 0.3) is 0 Å². The average Bonchev–Trinajstić information content (AvgIpc) is 3.00. The number of unbranched alkanes of at least 4 members (excludes halogenated alkanes) is 1. The lowest BCUT2D eigenvalue weighted by molar-refractivity contribution is 0.637. The van der Waals surface area contributed by atoms with Crippen LogP contribution in [0.2, 0.25) is 0 Å². The standard InChI is InChI=1S/C13H19N5/c1-2-3-6-17-9-16-12(13(17)14)11-7-15-8-18(11)10-4-5-10/h7-10H,2-6,14H2,1H3. The molecular formula is C13H19N5. The number of rotatable bonds is 5. The summed E-state index contributed by atoms with van der Waals surface area (Å²) in [6, 6.07) is 0.600. The maximum absolute atomic E-state index is 6.18. The van der Waals surface area contributed by atoms with Crippen molar-refractivity contribution in [1.82, 2.24) is 19.1 Å². The Morgan fingerprint density at radius 2 is 2.22 bits per heavy atom. The second kappa shape index (κ2) is 4.48. The lowest BCUT2D eigenvalue weighted by Crippen LogP contribution is -2.03. The van der Waals surface area contributed by atoms with E-state index in [2.05, 4.69) is 21.5 Å². The smallest absolute Gasteiger partial charge is 0.133 e. The van der Waals surface area contributed by atoms with Gasteiger partial charge in [0.15, 0.2) is 0 Å². The van der Waals surface area contributed by atoms with Crippen LogP contribution in [-0.2, 0) is 6.54 Å². The number of aromatic nitrogens is 4. The monoisotopic (exact) mass is 245 g/mol. The molecule has 0 saturated heterocycles. The Hall–Kier alpha value is -1.78. The summed E-state index contributed by atoms with van der Waals surface area (Å²) in [4.78, 5) is 8.69. The molecule has 0 unspecified atom stereocenters. The maximum Gasteiger partial charge on any atom is 0.133 e. The lowest BCUT2D eigenvalue weighted by atomic mass is 10.3. The van der Waals surface area contributed by atoms with Crippen LogP contribution in [0.5, 0.6) is 0 Å². The summed E-state index contributed by atoms with van der Waals surface area (Å²) >= 11 is 0. The Kier molecular flexibility index (Phi) is 2.81. The molecule has 0 amide bonds. The van der Waals surface area contributed by atoms with E-state index in [-0.39, 0.29) is 0 Å². The maximum atomic E-state index is 6.18. The Balaban J connectivity index is 1.91. The highest BCUT2D eigenvalue weighted by molar-refractivity contribution is 5.67. The van der Waals surface area contributed by atoms with Crippen molar-refractivity contribution in [3.8, 4) is 11.4 Å². The number of nitrogens with zero attached hydrogens (tertiary/aromatic N) is 4. The minimum atomic E-state index is 0.600. The molecule has 5 nitrogen and oxygen atoms in total. The zero-order valence-corrected chi connectivity index (χ0v) is 10.7. The number of imidazole rings is 2. The van der Waals surface area contributed by atoms with Crippen LogP contribution >= 0.6 is 0 Å². The Labute approximate surface area is 107 Å². The molecule has 3 rings (SSSR count). The summed E-state index contributed by atoms with van der Waals surface area (Å²) in [6.07, 6.45) is 10.3. The molecule has 1 aliphatic rings. The van der Waals surface area contributed by atoms with Crippen molar-refractivity contribution in [1.29, 1.82) is 0 Å². The Morgan fingerprint density at radius 1 is 1.39 bits per heavy atom.